The van der Waals surface area contributed by atoms with Gasteiger partial charge >= 0.3 is 0 Å². The van der Waals surface area contributed by atoms with Crippen molar-refractivity contribution in [2.24, 2.45) is 0 Å². The zero-order valence-corrected chi connectivity index (χ0v) is 45.4. The molecule has 0 unspecified atom stereocenters. The highest BCUT2D eigenvalue weighted by molar-refractivity contribution is 7.26. The molecule has 12 aromatic carbocycles. The number of thiophene rings is 2. The van der Waals surface area contributed by atoms with Gasteiger partial charge in [0.1, 0.15) is 11.2 Å². The minimum atomic E-state index is 0.850. The van der Waals surface area contributed by atoms with Gasteiger partial charge in [-0.3, -0.25) is 0 Å². The van der Waals surface area contributed by atoms with Crippen molar-refractivity contribution in [3.8, 4) is 33.4 Å². The van der Waals surface area contributed by atoms with Crippen LogP contribution in [0.1, 0.15) is 11.1 Å². The van der Waals surface area contributed by atoms with Gasteiger partial charge in [-0.25, -0.2) is 0 Å². The normalized spacial score (nSPS) is 11.9. The Morgan fingerprint density at radius 2 is 0.625 bits per heavy atom. The second-order valence-electron chi connectivity index (χ2n) is 20.8. The van der Waals surface area contributed by atoms with E-state index in [1.165, 1.54) is 51.5 Å². The zero-order chi connectivity index (χ0) is 53.0. The first-order valence-electron chi connectivity index (χ1n) is 27.1. The van der Waals surface area contributed by atoms with Gasteiger partial charge in [0.25, 0.3) is 0 Å². The number of hydrogen-bond acceptors (Lipinski definition) is 6. The molecule has 4 heterocycles. The summed E-state index contributed by atoms with van der Waals surface area (Å²) in [6.07, 6.45) is 0. The fraction of sp³-hybridized carbons (Fsp3) is 0.0270. The molecule has 0 N–H and O–H groups in total. The standard InChI is InChI=1S/C74H48N2O2S2/c1-45-43-47(39-41-61(45)75(65-33-17-25-55-51-21-5-11-35-67(51)77-71(55)65)63-31-9-3-19-49(63)57-27-15-29-59-53-23-7-13-37-69(53)79-73(57)59)48-40-42-62(46(2)44-48)76(66-34-18-26-56-52-22-6-12-36-68(52)78-72(56)66)64-32-10-4-20-50(64)58-28-16-30-60-54-24-8-14-38-70(54)80-74(58)60/h3-44H,1-2H3. The molecule has 4 aromatic heterocycles. The van der Waals surface area contributed by atoms with Gasteiger partial charge in [-0.1, -0.05) is 182 Å². The predicted molar refractivity (Wildman–Crippen MR) is 342 cm³/mol. The lowest BCUT2D eigenvalue weighted by atomic mass is 9.96. The van der Waals surface area contributed by atoms with Gasteiger partial charge in [-0.05, 0) is 109 Å². The number of anilines is 6. The Balaban J connectivity index is 0.855. The summed E-state index contributed by atoms with van der Waals surface area (Å²) in [5.74, 6) is 0. The van der Waals surface area contributed by atoms with Crippen LogP contribution >= 0.6 is 22.7 Å². The molecule has 6 heteroatoms. The molecule has 0 aliphatic rings. The van der Waals surface area contributed by atoms with Gasteiger partial charge in [-0.2, -0.15) is 0 Å². The van der Waals surface area contributed by atoms with Gasteiger partial charge in [0, 0.05) is 95.5 Å². The Kier molecular flexibility index (Phi) is 10.7. The van der Waals surface area contributed by atoms with E-state index in [4.69, 9.17) is 8.83 Å². The van der Waals surface area contributed by atoms with Crippen LogP contribution in [0.4, 0.5) is 34.1 Å². The van der Waals surface area contributed by atoms with Crippen molar-refractivity contribution >= 4 is 141 Å². The van der Waals surface area contributed by atoms with Crippen molar-refractivity contribution in [3.05, 3.63) is 266 Å². The first-order chi connectivity index (χ1) is 39.5. The monoisotopic (exact) mass is 1060 g/mol. The van der Waals surface area contributed by atoms with Gasteiger partial charge in [0.05, 0.1) is 22.7 Å². The van der Waals surface area contributed by atoms with Crippen molar-refractivity contribution in [3.63, 3.8) is 0 Å². The predicted octanol–water partition coefficient (Wildman–Crippen LogP) is 22.8. The molecular weight excluding hydrogens is 1010 g/mol. The molecule has 16 aromatic rings. The second kappa shape index (κ2) is 18.5. The topological polar surface area (TPSA) is 32.8 Å². The van der Waals surface area contributed by atoms with E-state index in [9.17, 15) is 0 Å². The Morgan fingerprint density at radius 3 is 1.09 bits per heavy atom. The highest BCUT2D eigenvalue weighted by atomic mass is 32.1. The first kappa shape index (κ1) is 46.4. The van der Waals surface area contributed by atoms with Crippen molar-refractivity contribution < 1.29 is 8.83 Å². The maximum absolute atomic E-state index is 6.86. The van der Waals surface area contributed by atoms with Gasteiger partial charge in [0.2, 0.25) is 0 Å². The summed E-state index contributed by atoms with van der Waals surface area (Å²) in [6.45, 7) is 4.48. The summed E-state index contributed by atoms with van der Waals surface area (Å²) < 4.78 is 18.8. The number of nitrogens with zero attached hydrogens (tertiary/aromatic N) is 2. The van der Waals surface area contributed by atoms with Crippen molar-refractivity contribution in [2.75, 3.05) is 9.80 Å². The Bertz CT molecular complexity index is 4830. The summed E-state index contributed by atoms with van der Waals surface area (Å²) in [5, 5.41) is 9.49. The summed E-state index contributed by atoms with van der Waals surface area (Å²) in [5.41, 5.74) is 18.9. The molecule has 0 atom stereocenters. The molecule has 0 amide bonds. The van der Waals surface area contributed by atoms with E-state index in [1.54, 1.807) is 0 Å². The maximum atomic E-state index is 6.86. The van der Waals surface area contributed by atoms with Crippen LogP contribution in [-0.2, 0) is 0 Å². The second-order valence-corrected chi connectivity index (χ2v) is 22.9. The fourth-order valence-electron chi connectivity index (χ4n) is 12.5. The third-order valence-corrected chi connectivity index (χ3v) is 18.6. The summed E-state index contributed by atoms with van der Waals surface area (Å²) >= 11 is 3.72. The van der Waals surface area contributed by atoms with Crippen LogP contribution in [0.2, 0.25) is 0 Å². The number of rotatable bonds is 9. The van der Waals surface area contributed by atoms with Crippen molar-refractivity contribution in [1.29, 1.82) is 0 Å². The maximum Gasteiger partial charge on any atom is 0.159 e. The lowest BCUT2D eigenvalue weighted by molar-refractivity contribution is 0.668. The van der Waals surface area contributed by atoms with Crippen LogP contribution in [-0.4, -0.2) is 0 Å². The molecule has 0 saturated heterocycles. The highest BCUT2D eigenvalue weighted by Gasteiger charge is 2.27. The van der Waals surface area contributed by atoms with E-state index in [-0.39, 0.29) is 0 Å². The van der Waals surface area contributed by atoms with E-state index >= 15 is 0 Å². The molecular formula is C74H48N2O2S2. The number of aryl methyl sites for hydroxylation is 2. The van der Waals surface area contributed by atoms with Crippen molar-refractivity contribution in [1.82, 2.24) is 0 Å². The molecule has 0 aliphatic heterocycles. The molecule has 80 heavy (non-hydrogen) atoms. The molecule has 0 saturated carbocycles. The number of para-hydroxylation sites is 6. The molecule has 0 radical (unpaired) electrons. The largest absolute Gasteiger partial charge is 0.454 e. The van der Waals surface area contributed by atoms with Crippen LogP contribution < -0.4 is 9.80 Å². The quantitative estimate of drug-likeness (QED) is 0.144. The number of hydrogen-bond donors (Lipinski definition) is 0. The molecule has 378 valence electrons. The minimum Gasteiger partial charge on any atom is -0.454 e. The van der Waals surface area contributed by atoms with Crippen LogP contribution in [0.3, 0.4) is 0 Å². The van der Waals surface area contributed by atoms with Crippen LogP contribution in [0.25, 0.3) is 118 Å². The van der Waals surface area contributed by atoms with E-state index in [1.807, 2.05) is 34.8 Å². The average molecular weight is 1060 g/mol. The van der Waals surface area contributed by atoms with E-state index in [0.717, 1.165) is 111 Å². The summed E-state index contributed by atoms with van der Waals surface area (Å²) in [7, 11) is 0. The Morgan fingerprint density at radius 1 is 0.275 bits per heavy atom. The molecule has 0 fully saturated rings. The van der Waals surface area contributed by atoms with E-state index < -0.39 is 0 Å². The van der Waals surface area contributed by atoms with Crippen LogP contribution in [0.5, 0.6) is 0 Å². The SMILES string of the molecule is Cc1cc(-c2ccc(N(c3ccccc3-c3cccc4c3sc3ccccc34)c3cccc4c3oc3ccccc34)c(C)c2)ccc1N(c1ccccc1-c1cccc2c1sc1ccccc12)c1cccc2c1oc1ccccc12. The van der Waals surface area contributed by atoms with Crippen LogP contribution in [0.15, 0.2) is 264 Å². The van der Waals surface area contributed by atoms with Gasteiger partial charge < -0.3 is 18.6 Å². The molecule has 0 aliphatic carbocycles. The molecule has 4 nitrogen and oxygen atoms in total. The van der Waals surface area contributed by atoms with Crippen LogP contribution in [0, 0.1) is 13.8 Å². The number of benzene rings is 12. The number of furan rings is 2. The number of fused-ring (bicyclic) bond motifs is 12. The molecule has 0 bridgehead atoms. The summed E-state index contributed by atoms with van der Waals surface area (Å²) in [4.78, 5) is 4.85. The van der Waals surface area contributed by atoms with E-state index in [0.29, 0.717) is 0 Å². The molecule has 16 rings (SSSR count). The van der Waals surface area contributed by atoms with Gasteiger partial charge in [0.15, 0.2) is 11.2 Å². The highest BCUT2D eigenvalue weighted by Crippen LogP contribution is 2.52. The minimum absolute atomic E-state index is 0.850. The third-order valence-electron chi connectivity index (χ3n) is 16.1. The fourth-order valence-corrected chi connectivity index (χ4v) is 14.9. The molecule has 0 spiro atoms. The first-order valence-corrected chi connectivity index (χ1v) is 28.8. The summed E-state index contributed by atoms with van der Waals surface area (Å²) in [6, 6.07) is 92.4. The van der Waals surface area contributed by atoms with Gasteiger partial charge in [-0.15, -0.1) is 22.7 Å². The zero-order valence-electron chi connectivity index (χ0n) is 43.8. The lowest BCUT2D eigenvalue weighted by Crippen LogP contribution is -2.13. The van der Waals surface area contributed by atoms with E-state index in [2.05, 4.69) is 266 Å². The Hall–Kier alpha value is -9.72. The Labute approximate surface area is 469 Å². The van der Waals surface area contributed by atoms with Crippen molar-refractivity contribution in [2.45, 2.75) is 13.8 Å². The third kappa shape index (κ3) is 7.26. The lowest BCUT2D eigenvalue weighted by Gasteiger charge is -2.30. The smallest absolute Gasteiger partial charge is 0.159 e. The average Bonchev–Trinajstić information content (AvgIpc) is 4.35.